The number of carboxylic acid groups (broad SMARTS) is 1. The van der Waals surface area contributed by atoms with Gasteiger partial charge in [0.05, 0.1) is 0 Å². The molecule has 2 fully saturated rings. The maximum absolute atomic E-state index is 13.3. The first-order valence-corrected chi connectivity index (χ1v) is 7.67. The van der Waals surface area contributed by atoms with Crippen molar-refractivity contribution in [1.29, 1.82) is 0 Å². The molecule has 1 N–H and O–H groups in total. The van der Waals surface area contributed by atoms with Crippen LogP contribution in [0.1, 0.15) is 55.6 Å². The summed E-state index contributed by atoms with van der Waals surface area (Å²) in [6.45, 7) is 1.97. The summed E-state index contributed by atoms with van der Waals surface area (Å²) >= 11 is 0. The number of carbonyl (C=O) groups is 1. The van der Waals surface area contributed by atoms with E-state index in [1.165, 1.54) is 0 Å². The van der Waals surface area contributed by atoms with Crippen molar-refractivity contribution < 1.29 is 19.0 Å². The second kappa shape index (κ2) is 5.32. The van der Waals surface area contributed by atoms with Gasteiger partial charge in [0, 0.05) is 12.8 Å². The number of rotatable bonds is 4. The molecule has 3 rings (SSSR count). The lowest BCUT2D eigenvalue weighted by molar-refractivity contribution is -0.147. The topological polar surface area (TPSA) is 46.5 Å². The van der Waals surface area contributed by atoms with E-state index in [9.17, 15) is 14.3 Å². The smallest absolute Gasteiger partial charge is 0.348 e. The minimum absolute atomic E-state index is 0.275. The number of aliphatic carboxylic acids is 1. The van der Waals surface area contributed by atoms with E-state index >= 15 is 0 Å². The summed E-state index contributed by atoms with van der Waals surface area (Å²) in [6, 6.07) is 5.95. The Hall–Kier alpha value is -1.58. The highest BCUT2D eigenvalue weighted by Crippen LogP contribution is 2.45. The molecular formula is C17H21FO3. The maximum atomic E-state index is 13.3. The molecule has 0 atom stereocenters. The number of hydrogen-bond donors (Lipinski definition) is 1. The molecule has 0 amide bonds. The molecule has 21 heavy (non-hydrogen) atoms. The molecule has 2 aliphatic rings. The van der Waals surface area contributed by atoms with Gasteiger partial charge >= 0.3 is 5.97 Å². The van der Waals surface area contributed by atoms with Crippen molar-refractivity contribution in [1.82, 2.24) is 0 Å². The zero-order valence-electron chi connectivity index (χ0n) is 12.3. The van der Waals surface area contributed by atoms with Gasteiger partial charge in [-0.2, -0.15) is 0 Å². The molecule has 0 saturated heterocycles. The van der Waals surface area contributed by atoms with Crippen molar-refractivity contribution >= 4 is 5.97 Å². The number of ether oxygens (including phenoxy) is 1. The Morgan fingerprint density at radius 1 is 1.29 bits per heavy atom. The second-order valence-corrected chi connectivity index (χ2v) is 6.39. The molecule has 0 bridgehead atoms. The van der Waals surface area contributed by atoms with Crippen molar-refractivity contribution in [2.45, 2.75) is 63.1 Å². The fraction of sp³-hybridized carbons (Fsp3) is 0.588. The Bertz CT molecular complexity index is 543. The van der Waals surface area contributed by atoms with Crippen LogP contribution in [0.4, 0.5) is 4.39 Å². The third-order valence-electron chi connectivity index (χ3n) is 4.66. The lowest BCUT2D eigenvalue weighted by Gasteiger charge is -2.27. The van der Waals surface area contributed by atoms with Crippen LogP contribution in [-0.2, 0) is 4.79 Å². The fourth-order valence-corrected chi connectivity index (χ4v) is 3.11. The zero-order chi connectivity index (χ0) is 15.0. The zero-order valence-corrected chi connectivity index (χ0v) is 12.3. The number of carboxylic acids is 1. The van der Waals surface area contributed by atoms with Crippen molar-refractivity contribution in [2.24, 2.45) is 0 Å². The minimum atomic E-state index is -1.03. The van der Waals surface area contributed by atoms with Crippen LogP contribution in [0.25, 0.3) is 0 Å². The molecule has 0 spiro atoms. The van der Waals surface area contributed by atoms with Crippen molar-refractivity contribution in [3.05, 3.63) is 29.3 Å². The number of halogens is 1. The summed E-state index contributed by atoms with van der Waals surface area (Å²) in [5, 5.41) is 9.30. The van der Waals surface area contributed by atoms with Gasteiger partial charge < -0.3 is 9.84 Å². The average molecular weight is 292 g/mol. The largest absolute Gasteiger partial charge is 0.478 e. The van der Waals surface area contributed by atoms with Crippen LogP contribution in [0, 0.1) is 6.92 Å². The number of benzene rings is 1. The summed E-state index contributed by atoms with van der Waals surface area (Å²) in [7, 11) is 0. The van der Waals surface area contributed by atoms with E-state index in [-0.39, 0.29) is 5.92 Å². The van der Waals surface area contributed by atoms with Gasteiger partial charge in [-0.05, 0) is 55.7 Å². The van der Waals surface area contributed by atoms with Gasteiger partial charge in [-0.3, -0.25) is 0 Å². The van der Waals surface area contributed by atoms with Gasteiger partial charge in [0.25, 0.3) is 0 Å². The van der Waals surface area contributed by atoms with Crippen LogP contribution in [0.15, 0.2) is 18.2 Å². The van der Waals surface area contributed by atoms with E-state index in [1.54, 1.807) is 0 Å². The highest BCUT2D eigenvalue weighted by molar-refractivity contribution is 5.81. The Balaban J connectivity index is 1.85. The number of alkyl halides is 1. The van der Waals surface area contributed by atoms with E-state index < -0.39 is 17.7 Å². The Morgan fingerprint density at radius 2 is 1.95 bits per heavy atom. The Morgan fingerprint density at radius 3 is 2.52 bits per heavy atom. The van der Waals surface area contributed by atoms with Crippen LogP contribution in [-0.4, -0.2) is 22.8 Å². The lowest BCUT2D eigenvalue weighted by atomic mass is 9.82. The monoisotopic (exact) mass is 292 g/mol. The molecule has 2 aliphatic carbocycles. The summed E-state index contributed by atoms with van der Waals surface area (Å²) in [5.74, 6) is 0.0665. The quantitative estimate of drug-likeness (QED) is 0.912. The normalized spacial score (nSPS) is 27.1. The summed E-state index contributed by atoms with van der Waals surface area (Å²) in [5.41, 5.74) is 1.06. The standard InChI is InChI=1S/C17H21FO3/c1-11-2-7-14(12-3-5-13(18)6-4-12)15(10-11)21-17(8-9-17)16(19)20/h2,7,10,12-13H,3-6,8-9H2,1H3,(H,19,20). The van der Waals surface area contributed by atoms with Gasteiger partial charge in [0.1, 0.15) is 11.9 Å². The molecule has 0 heterocycles. The van der Waals surface area contributed by atoms with Crippen LogP contribution in [0.5, 0.6) is 5.75 Å². The van der Waals surface area contributed by atoms with Gasteiger partial charge in [-0.15, -0.1) is 0 Å². The van der Waals surface area contributed by atoms with Crippen molar-refractivity contribution in [2.75, 3.05) is 0 Å². The Kier molecular flexibility index (Phi) is 3.64. The fourth-order valence-electron chi connectivity index (χ4n) is 3.11. The van der Waals surface area contributed by atoms with E-state index in [1.807, 2.05) is 25.1 Å². The SMILES string of the molecule is Cc1ccc(C2CCC(F)CC2)c(OC2(C(=O)O)CC2)c1. The molecule has 0 aliphatic heterocycles. The molecule has 0 radical (unpaired) electrons. The maximum Gasteiger partial charge on any atom is 0.348 e. The molecule has 2 saturated carbocycles. The first kappa shape index (κ1) is 14.4. The highest BCUT2D eigenvalue weighted by atomic mass is 19.1. The lowest BCUT2D eigenvalue weighted by Crippen LogP contribution is -2.29. The summed E-state index contributed by atoms with van der Waals surface area (Å²) < 4.78 is 19.2. The van der Waals surface area contributed by atoms with E-state index in [2.05, 4.69) is 0 Å². The van der Waals surface area contributed by atoms with E-state index in [0.29, 0.717) is 31.4 Å². The molecule has 0 unspecified atom stereocenters. The highest BCUT2D eigenvalue weighted by Gasteiger charge is 2.53. The average Bonchev–Trinajstić information content (AvgIpc) is 3.21. The van der Waals surface area contributed by atoms with Crippen LogP contribution in [0.3, 0.4) is 0 Å². The number of hydrogen-bond acceptors (Lipinski definition) is 2. The molecule has 0 aromatic heterocycles. The molecular weight excluding hydrogens is 271 g/mol. The molecule has 1 aromatic rings. The van der Waals surface area contributed by atoms with Crippen LogP contribution in [0.2, 0.25) is 0 Å². The Labute approximate surface area is 124 Å². The van der Waals surface area contributed by atoms with Crippen molar-refractivity contribution in [3.8, 4) is 5.75 Å². The van der Waals surface area contributed by atoms with Gasteiger partial charge in [0.15, 0.2) is 0 Å². The van der Waals surface area contributed by atoms with E-state index in [4.69, 9.17) is 4.74 Å². The predicted octanol–water partition coefficient (Wildman–Crippen LogP) is 3.99. The number of aryl methyl sites for hydroxylation is 1. The van der Waals surface area contributed by atoms with Crippen LogP contribution < -0.4 is 4.74 Å². The van der Waals surface area contributed by atoms with Crippen molar-refractivity contribution in [3.63, 3.8) is 0 Å². The third-order valence-corrected chi connectivity index (χ3v) is 4.66. The van der Waals surface area contributed by atoms with Gasteiger partial charge in [0.2, 0.25) is 5.60 Å². The minimum Gasteiger partial charge on any atom is -0.478 e. The summed E-state index contributed by atoms with van der Waals surface area (Å²) in [6.07, 6.45) is 3.22. The van der Waals surface area contributed by atoms with Crippen LogP contribution >= 0.6 is 0 Å². The van der Waals surface area contributed by atoms with Gasteiger partial charge in [-0.25, -0.2) is 9.18 Å². The second-order valence-electron chi connectivity index (χ2n) is 6.39. The first-order chi connectivity index (χ1) is 10.00. The molecule has 4 heteroatoms. The van der Waals surface area contributed by atoms with E-state index in [0.717, 1.165) is 24.0 Å². The van der Waals surface area contributed by atoms with Gasteiger partial charge in [-0.1, -0.05) is 12.1 Å². The predicted molar refractivity (Wildman–Crippen MR) is 77.5 cm³/mol. The molecule has 1 aromatic carbocycles. The molecule has 114 valence electrons. The third kappa shape index (κ3) is 2.89. The molecule has 3 nitrogen and oxygen atoms in total. The summed E-state index contributed by atoms with van der Waals surface area (Å²) in [4.78, 5) is 11.3. The first-order valence-electron chi connectivity index (χ1n) is 7.67.